The van der Waals surface area contributed by atoms with E-state index >= 15 is 0 Å². The summed E-state index contributed by atoms with van der Waals surface area (Å²) in [4.78, 5) is 14.4. The first-order valence-electron chi connectivity index (χ1n) is 7.75. The zero-order valence-electron chi connectivity index (χ0n) is 13.4. The zero-order chi connectivity index (χ0) is 16.6. The minimum atomic E-state index is -3.19. The van der Waals surface area contributed by atoms with Crippen molar-refractivity contribution in [2.75, 3.05) is 19.9 Å². The lowest BCUT2D eigenvalue weighted by Crippen LogP contribution is -2.47. The van der Waals surface area contributed by atoms with Gasteiger partial charge >= 0.3 is 0 Å². The first kappa shape index (κ1) is 16.3. The number of hydrogen-bond acceptors (Lipinski definition) is 4. The molecule has 1 aromatic rings. The van der Waals surface area contributed by atoms with E-state index in [2.05, 4.69) is 4.72 Å². The molecular formula is C16H22N2O4S. The molecule has 1 saturated heterocycles. The highest BCUT2D eigenvalue weighted by Crippen LogP contribution is 2.38. The van der Waals surface area contributed by atoms with E-state index in [-0.39, 0.29) is 23.9 Å². The molecule has 0 spiro atoms. The van der Waals surface area contributed by atoms with Gasteiger partial charge in [-0.1, -0.05) is 12.1 Å². The predicted molar refractivity (Wildman–Crippen MR) is 86.7 cm³/mol. The van der Waals surface area contributed by atoms with E-state index in [0.717, 1.165) is 17.7 Å². The number of benzene rings is 1. The van der Waals surface area contributed by atoms with Crippen LogP contribution < -0.4 is 9.46 Å². The lowest BCUT2D eigenvalue weighted by molar-refractivity contribution is -0.132. The third-order valence-corrected chi connectivity index (χ3v) is 5.47. The topological polar surface area (TPSA) is 75.7 Å². The highest BCUT2D eigenvalue weighted by molar-refractivity contribution is 7.88. The van der Waals surface area contributed by atoms with Gasteiger partial charge in [-0.25, -0.2) is 13.1 Å². The number of likely N-dealkylation sites (tertiary alicyclic amines) is 1. The number of rotatable bonds is 5. The lowest BCUT2D eigenvalue weighted by Gasteiger charge is -2.31. The molecule has 1 aromatic carbocycles. The number of nitrogens with one attached hydrogen (secondary N) is 1. The maximum atomic E-state index is 12.5. The van der Waals surface area contributed by atoms with Crippen molar-refractivity contribution in [3.63, 3.8) is 0 Å². The summed E-state index contributed by atoms with van der Waals surface area (Å²) in [5.74, 6) is 1.12. The van der Waals surface area contributed by atoms with Gasteiger partial charge in [0.1, 0.15) is 5.75 Å². The minimum Gasteiger partial charge on any atom is -0.497 e. The number of carbonyl (C=O) groups excluding carboxylic acids is 1. The van der Waals surface area contributed by atoms with Crippen LogP contribution in [0.1, 0.15) is 18.4 Å². The molecule has 1 aliphatic carbocycles. The highest BCUT2D eigenvalue weighted by Gasteiger charge is 2.46. The van der Waals surface area contributed by atoms with Crippen molar-refractivity contribution in [2.24, 2.45) is 5.92 Å². The van der Waals surface area contributed by atoms with Crippen LogP contribution in [0, 0.1) is 5.92 Å². The summed E-state index contributed by atoms with van der Waals surface area (Å²) < 4.78 is 30.5. The Morgan fingerprint density at radius 1 is 1.30 bits per heavy atom. The largest absolute Gasteiger partial charge is 0.497 e. The number of nitrogens with zero attached hydrogens (tertiary/aromatic N) is 1. The summed E-state index contributed by atoms with van der Waals surface area (Å²) in [5.41, 5.74) is 0.962. The quantitative estimate of drug-likeness (QED) is 0.861. The number of fused-ring (bicyclic) bond motifs is 2. The number of sulfonamides is 1. The van der Waals surface area contributed by atoms with Gasteiger partial charge in [0.05, 0.1) is 19.8 Å². The van der Waals surface area contributed by atoms with Gasteiger partial charge in [-0.2, -0.15) is 0 Å². The van der Waals surface area contributed by atoms with Crippen LogP contribution in [-0.4, -0.2) is 51.2 Å². The van der Waals surface area contributed by atoms with Crippen molar-refractivity contribution in [3.05, 3.63) is 29.8 Å². The first-order valence-corrected chi connectivity index (χ1v) is 9.64. The standard InChI is InChI=1S/C16H22N2O4S/c1-22-14-5-3-11(4-6-14)7-16(19)18-10-12-8-13(18)9-15(12)17-23(2,20)21/h3-6,12-13,15,17H,7-10H2,1-2H3/t12-,13-,15-/m0/s1. The van der Waals surface area contributed by atoms with Gasteiger partial charge in [0.15, 0.2) is 0 Å². The molecule has 2 aliphatic rings. The van der Waals surface area contributed by atoms with Gasteiger partial charge in [-0.05, 0) is 36.5 Å². The Kier molecular flexibility index (Phi) is 4.33. The Balaban J connectivity index is 1.58. The average molecular weight is 338 g/mol. The smallest absolute Gasteiger partial charge is 0.227 e. The Hall–Kier alpha value is -1.60. The molecule has 0 radical (unpaired) electrons. The van der Waals surface area contributed by atoms with Crippen molar-refractivity contribution in [2.45, 2.75) is 31.3 Å². The Bertz CT molecular complexity index is 687. The van der Waals surface area contributed by atoms with Gasteiger partial charge < -0.3 is 9.64 Å². The SMILES string of the molecule is COc1ccc(CC(=O)N2C[C@@H]3C[C@H]2C[C@@H]3NS(C)(=O)=O)cc1. The fraction of sp³-hybridized carbons (Fsp3) is 0.562. The highest BCUT2D eigenvalue weighted by atomic mass is 32.2. The van der Waals surface area contributed by atoms with Crippen LogP contribution in [0.15, 0.2) is 24.3 Å². The second-order valence-electron chi connectivity index (χ2n) is 6.45. The van der Waals surface area contributed by atoms with Crippen LogP contribution >= 0.6 is 0 Å². The second-order valence-corrected chi connectivity index (χ2v) is 8.23. The van der Waals surface area contributed by atoms with E-state index in [9.17, 15) is 13.2 Å². The maximum absolute atomic E-state index is 12.5. The number of ether oxygens (including phenoxy) is 1. The minimum absolute atomic E-state index is 0.0277. The van der Waals surface area contributed by atoms with Crippen LogP contribution in [0.5, 0.6) is 5.75 Å². The number of carbonyl (C=O) groups is 1. The fourth-order valence-electron chi connectivity index (χ4n) is 3.70. The maximum Gasteiger partial charge on any atom is 0.227 e. The molecule has 1 aliphatic heterocycles. The van der Waals surface area contributed by atoms with Gasteiger partial charge in [-0.3, -0.25) is 4.79 Å². The summed E-state index contributed by atoms with van der Waals surface area (Å²) in [5, 5.41) is 0. The van der Waals surface area contributed by atoms with Crippen molar-refractivity contribution in [1.82, 2.24) is 9.62 Å². The van der Waals surface area contributed by atoms with E-state index in [0.29, 0.717) is 19.4 Å². The molecule has 2 fully saturated rings. The predicted octanol–water partition coefficient (Wildman–Crippen LogP) is 0.776. The molecule has 23 heavy (non-hydrogen) atoms. The molecular weight excluding hydrogens is 316 g/mol. The van der Waals surface area contributed by atoms with Crippen LogP contribution in [0.3, 0.4) is 0 Å². The molecule has 0 aromatic heterocycles. The summed E-state index contributed by atoms with van der Waals surface area (Å²) in [6.45, 7) is 0.646. The molecule has 3 atom stereocenters. The summed E-state index contributed by atoms with van der Waals surface area (Å²) >= 11 is 0. The number of hydrogen-bond donors (Lipinski definition) is 1. The normalized spacial score (nSPS) is 26.5. The molecule has 7 heteroatoms. The van der Waals surface area contributed by atoms with Crippen LogP contribution in [-0.2, 0) is 21.2 Å². The van der Waals surface area contributed by atoms with Crippen LogP contribution in [0.4, 0.5) is 0 Å². The van der Waals surface area contributed by atoms with Crippen molar-refractivity contribution in [3.8, 4) is 5.75 Å². The van der Waals surface area contributed by atoms with Gasteiger partial charge in [0, 0.05) is 18.6 Å². The van der Waals surface area contributed by atoms with Crippen molar-refractivity contribution < 1.29 is 17.9 Å². The first-order chi connectivity index (χ1) is 10.9. The van der Waals surface area contributed by atoms with Crippen molar-refractivity contribution in [1.29, 1.82) is 0 Å². The van der Waals surface area contributed by atoms with E-state index in [1.807, 2.05) is 29.2 Å². The number of piperidine rings is 1. The van der Waals surface area contributed by atoms with Crippen molar-refractivity contribution >= 4 is 15.9 Å². The number of amides is 1. The Labute approximate surface area is 136 Å². The molecule has 2 bridgehead atoms. The monoisotopic (exact) mass is 338 g/mol. The molecule has 1 heterocycles. The average Bonchev–Trinajstić information content (AvgIpc) is 3.06. The second kappa shape index (κ2) is 6.13. The third kappa shape index (κ3) is 3.67. The van der Waals surface area contributed by atoms with Crippen LogP contribution in [0.25, 0.3) is 0 Å². The molecule has 1 N–H and O–H groups in total. The molecule has 0 unspecified atom stereocenters. The molecule has 1 amide bonds. The van der Waals surface area contributed by atoms with Gasteiger partial charge in [0.25, 0.3) is 0 Å². The lowest BCUT2D eigenvalue weighted by atomic mass is 10.0. The summed E-state index contributed by atoms with van der Waals surface area (Å²) in [7, 11) is -1.58. The summed E-state index contributed by atoms with van der Waals surface area (Å²) in [6, 6.07) is 7.64. The Morgan fingerprint density at radius 2 is 2.00 bits per heavy atom. The number of methoxy groups -OCH3 is 1. The fourth-order valence-corrected chi connectivity index (χ4v) is 4.54. The molecule has 6 nitrogen and oxygen atoms in total. The van der Waals surface area contributed by atoms with E-state index in [4.69, 9.17) is 4.74 Å². The molecule has 126 valence electrons. The zero-order valence-corrected chi connectivity index (χ0v) is 14.2. The van der Waals surface area contributed by atoms with Crippen LogP contribution in [0.2, 0.25) is 0 Å². The molecule has 3 rings (SSSR count). The van der Waals surface area contributed by atoms with E-state index < -0.39 is 10.0 Å². The summed E-state index contributed by atoms with van der Waals surface area (Å²) in [6.07, 6.45) is 3.16. The van der Waals surface area contributed by atoms with Gasteiger partial charge in [0.2, 0.25) is 15.9 Å². The third-order valence-electron chi connectivity index (χ3n) is 4.74. The molecule has 1 saturated carbocycles. The van der Waals surface area contributed by atoms with E-state index in [1.165, 1.54) is 6.26 Å². The van der Waals surface area contributed by atoms with E-state index in [1.54, 1.807) is 7.11 Å². The Morgan fingerprint density at radius 3 is 2.52 bits per heavy atom. The van der Waals surface area contributed by atoms with Gasteiger partial charge in [-0.15, -0.1) is 0 Å².